The predicted octanol–water partition coefficient (Wildman–Crippen LogP) is 8.74. The lowest BCUT2D eigenvalue weighted by molar-refractivity contribution is 1.08. The molecule has 0 aliphatic rings. The third-order valence-corrected chi connectivity index (χ3v) is 7.58. The molecule has 168 valence electrons. The van der Waals surface area contributed by atoms with Crippen LogP contribution in [0.2, 0.25) is 0 Å². The molecule has 0 bridgehead atoms. The molecule has 2 nitrogen and oxygen atoms in total. The number of aromatic nitrogens is 2. The molecule has 0 aliphatic carbocycles. The van der Waals surface area contributed by atoms with Crippen LogP contribution < -0.4 is 0 Å². The van der Waals surface area contributed by atoms with E-state index < -0.39 is 0 Å². The van der Waals surface area contributed by atoms with Crippen molar-refractivity contribution in [1.82, 2.24) is 9.38 Å². The molecule has 0 N–H and O–H groups in total. The fourth-order valence-electron chi connectivity index (χ4n) is 5.98. The summed E-state index contributed by atoms with van der Waals surface area (Å²) in [4.78, 5) is 5.03. The summed E-state index contributed by atoms with van der Waals surface area (Å²) in [5.74, 6) is 0. The second-order valence-electron chi connectivity index (χ2n) is 9.35. The van der Waals surface area contributed by atoms with Gasteiger partial charge in [-0.2, -0.15) is 0 Å². The molecule has 35 heavy (non-hydrogen) atoms. The SMILES string of the molecule is CCc1cccc(CC)c1-c1cnc2c3ccccc3c3c4c(ccc5ccccc54)ccc3n12. The van der Waals surface area contributed by atoms with Gasteiger partial charge in [0.15, 0.2) is 0 Å². The molecule has 7 aromatic rings. The van der Waals surface area contributed by atoms with E-state index in [-0.39, 0.29) is 0 Å². The molecule has 7 rings (SSSR count). The minimum absolute atomic E-state index is 0.996. The van der Waals surface area contributed by atoms with E-state index in [9.17, 15) is 0 Å². The van der Waals surface area contributed by atoms with Gasteiger partial charge in [-0.15, -0.1) is 0 Å². The van der Waals surface area contributed by atoms with Crippen molar-refractivity contribution in [3.05, 3.63) is 108 Å². The lowest BCUT2D eigenvalue weighted by Crippen LogP contribution is -1.99. The monoisotopic (exact) mass is 450 g/mol. The van der Waals surface area contributed by atoms with Crippen LogP contribution in [0.5, 0.6) is 0 Å². The zero-order valence-corrected chi connectivity index (χ0v) is 20.0. The van der Waals surface area contributed by atoms with Crippen LogP contribution in [0.15, 0.2) is 97.2 Å². The van der Waals surface area contributed by atoms with E-state index in [1.807, 2.05) is 0 Å². The first-order chi connectivity index (χ1) is 17.3. The van der Waals surface area contributed by atoms with Gasteiger partial charge < -0.3 is 0 Å². The number of fused-ring (bicyclic) bond motifs is 10. The summed E-state index contributed by atoms with van der Waals surface area (Å²) in [6, 6.07) is 33.3. The summed E-state index contributed by atoms with van der Waals surface area (Å²) in [6.07, 6.45) is 4.08. The van der Waals surface area contributed by atoms with Crippen LogP contribution in [0.25, 0.3) is 60.1 Å². The molecule has 2 heterocycles. The number of benzene rings is 5. The predicted molar refractivity (Wildman–Crippen MR) is 149 cm³/mol. The van der Waals surface area contributed by atoms with Crippen LogP contribution in [0, 0.1) is 0 Å². The quantitative estimate of drug-likeness (QED) is 0.246. The molecule has 0 fully saturated rings. The summed E-state index contributed by atoms with van der Waals surface area (Å²) in [6.45, 7) is 4.49. The number of hydrogen-bond donors (Lipinski definition) is 0. The van der Waals surface area contributed by atoms with Crippen molar-refractivity contribution in [2.45, 2.75) is 26.7 Å². The van der Waals surface area contributed by atoms with Crippen LogP contribution in [0.4, 0.5) is 0 Å². The summed E-state index contributed by atoms with van der Waals surface area (Å²) in [5.41, 5.74) is 7.50. The Morgan fingerprint density at radius 1 is 0.600 bits per heavy atom. The average molecular weight is 451 g/mol. The Hall–Kier alpha value is -4.17. The maximum absolute atomic E-state index is 5.03. The van der Waals surface area contributed by atoms with Crippen LogP contribution >= 0.6 is 0 Å². The van der Waals surface area contributed by atoms with Gasteiger partial charge in [0.1, 0.15) is 5.65 Å². The van der Waals surface area contributed by atoms with Crippen molar-refractivity contribution in [1.29, 1.82) is 0 Å². The van der Waals surface area contributed by atoms with Gasteiger partial charge in [0.2, 0.25) is 0 Å². The smallest absolute Gasteiger partial charge is 0.145 e. The van der Waals surface area contributed by atoms with Crippen molar-refractivity contribution in [3.8, 4) is 11.3 Å². The highest BCUT2D eigenvalue weighted by Gasteiger charge is 2.19. The fraction of sp³-hybridized carbons (Fsp3) is 0.121. The molecule has 0 saturated carbocycles. The van der Waals surface area contributed by atoms with Crippen LogP contribution in [-0.4, -0.2) is 9.38 Å². The Morgan fingerprint density at radius 2 is 1.26 bits per heavy atom. The number of pyridine rings is 1. The molecular weight excluding hydrogens is 424 g/mol. The summed E-state index contributed by atoms with van der Waals surface area (Å²) in [5, 5.41) is 8.90. The fourth-order valence-corrected chi connectivity index (χ4v) is 5.98. The molecule has 0 radical (unpaired) electrons. The molecule has 0 atom stereocenters. The lowest BCUT2D eigenvalue weighted by atomic mass is 9.94. The molecule has 0 unspecified atom stereocenters. The second-order valence-corrected chi connectivity index (χ2v) is 9.35. The molecule has 0 spiro atoms. The summed E-state index contributed by atoms with van der Waals surface area (Å²) < 4.78 is 2.41. The maximum atomic E-state index is 5.03. The molecule has 2 heteroatoms. The number of imidazole rings is 1. The zero-order valence-electron chi connectivity index (χ0n) is 20.0. The van der Waals surface area contributed by atoms with Crippen molar-refractivity contribution in [2.75, 3.05) is 0 Å². The van der Waals surface area contributed by atoms with Crippen molar-refractivity contribution < 1.29 is 0 Å². The van der Waals surface area contributed by atoms with E-state index in [1.54, 1.807) is 0 Å². The normalized spacial score (nSPS) is 11.9. The number of nitrogens with zero attached hydrogens (tertiary/aromatic N) is 2. The molecular formula is C33H26N2. The third kappa shape index (κ3) is 2.80. The van der Waals surface area contributed by atoms with Crippen molar-refractivity contribution in [3.63, 3.8) is 0 Å². The highest BCUT2D eigenvalue weighted by Crippen LogP contribution is 2.40. The van der Waals surface area contributed by atoms with E-state index in [0.29, 0.717) is 0 Å². The lowest BCUT2D eigenvalue weighted by Gasteiger charge is -2.17. The Balaban J connectivity index is 1.77. The average Bonchev–Trinajstić information content (AvgIpc) is 3.37. The maximum Gasteiger partial charge on any atom is 0.145 e. The Kier molecular flexibility index (Phi) is 4.44. The number of rotatable bonds is 3. The Bertz CT molecular complexity index is 1900. The second kappa shape index (κ2) is 7.68. The summed E-state index contributed by atoms with van der Waals surface area (Å²) in [7, 11) is 0. The van der Waals surface area contributed by atoms with Crippen molar-refractivity contribution >= 4 is 48.9 Å². The first kappa shape index (κ1) is 20.2. The minimum atomic E-state index is 0.996. The van der Waals surface area contributed by atoms with Crippen LogP contribution in [-0.2, 0) is 12.8 Å². The van der Waals surface area contributed by atoms with Gasteiger partial charge in [0.05, 0.1) is 17.4 Å². The van der Waals surface area contributed by atoms with Gasteiger partial charge in [-0.05, 0) is 57.0 Å². The minimum Gasteiger partial charge on any atom is -0.292 e. The third-order valence-electron chi connectivity index (χ3n) is 7.58. The first-order valence-electron chi connectivity index (χ1n) is 12.5. The standard InChI is InChI=1S/C33H26N2/c1-3-21-11-9-12-22(4-2)30(21)29-20-34-33-27-15-8-7-14-26(27)32-28(35(29)33)19-18-24-17-16-23-10-5-6-13-25(23)31(24)32/h5-20H,3-4H2,1-2H3. The first-order valence-corrected chi connectivity index (χ1v) is 12.5. The van der Waals surface area contributed by atoms with Crippen LogP contribution in [0.1, 0.15) is 25.0 Å². The van der Waals surface area contributed by atoms with Gasteiger partial charge in [-0.25, -0.2) is 4.98 Å². The molecule has 5 aromatic carbocycles. The number of aryl methyl sites for hydroxylation is 2. The Morgan fingerprint density at radius 3 is 2.03 bits per heavy atom. The van der Waals surface area contributed by atoms with Gasteiger partial charge in [-0.1, -0.05) is 98.8 Å². The number of hydrogen-bond acceptors (Lipinski definition) is 1. The van der Waals surface area contributed by atoms with Gasteiger partial charge >= 0.3 is 0 Å². The van der Waals surface area contributed by atoms with Crippen molar-refractivity contribution in [2.24, 2.45) is 0 Å². The van der Waals surface area contributed by atoms with E-state index in [1.165, 1.54) is 65.6 Å². The van der Waals surface area contributed by atoms with E-state index in [0.717, 1.165) is 18.5 Å². The van der Waals surface area contributed by atoms with Crippen LogP contribution in [0.3, 0.4) is 0 Å². The van der Waals surface area contributed by atoms with Gasteiger partial charge in [-0.3, -0.25) is 4.40 Å². The van der Waals surface area contributed by atoms with Gasteiger partial charge in [0.25, 0.3) is 0 Å². The van der Waals surface area contributed by atoms with E-state index >= 15 is 0 Å². The Labute approximate surface area is 204 Å². The molecule has 0 aliphatic heterocycles. The van der Waals surface area contributed by atoms with Gasteiger partial charge in [0, 0.05) is 16.3 Å². The highest BCUT2D eigenvalue weighted by molar-refractivity contribution is 6.28. The molecule has 0 amide bonds. The highest BCUT2D eigenvalue weighted by atomic mass is 15.0. The molecule has 0 saturated heterocycles. The zero-order chi connectivity index (χ0) is 23.5. The topological polar surface area (TPSA) is 17.3 Å². The largest absolute Gasteiger partial charge is 0.292 e. The van der Waals surface area contributed by atoms with E-state index in [4.69, 9.17) is 4.98 Å². The van der Waals surface area contributed by atoms with E-state index in [2.05, 4.69) is 115 Å². The summed E-state index contributed by atoms with van der Waals surface area (Å²) >= 11 is 0. The molecule has 2 aromatic heterocycles.